The molecule has 0 bridgehead atoms. The van der Waals surface area contributed by atoms with Crippen LogP contribution in [0.3, 0.4) is 0 Å². The van der Waals surface area contributed by atoms with Gasteiger partial charge in [-0.3, -0.25) is 4.79 Å². The second-order valence-electron chi connectivity index (χ2n) is 24.1. The minimum Gasteiger partial charge on any atom is -0.378 e. The highest BCUT2D eigenvalue weighted by atomic mass is 16.5. The molecule has 1 aromatic carbocycles. The number of amides is 1. The van der Waals surface area contributed by atoms with Gasteiger partial charge in [0.05, 0.1) is 19.6 Å². The first-order valence-corrected chi connectivity index (χ1v) is 27.1. The van der Waals surface area contributed by atoms with Crippen molar-refractivity contribution in [1.82, 2.24) is 4.90 Å². The molecule has 0 radical (unpaired) electrons. The van der Waals surface area contributed by atoms with Crippen LogP contribution in [0.2, 0.25) is 0 Å². The predicted octanol–water partition coefficient (Wildman–Crippen LogP) is 17.2. The highest BCUT2D eigenvalue weighted by Crippen LogP contribution is 2.44. The Morgan fingerprint density at radius 1 is 0.516 bits per heavy atom. The molecule has 1 saturated heterocycles. The lowest BCUT2D eigenvalue weighted by Gasteiger charge is -2.28. The highest BCUT2D eigenvalue weighted by molar-refractivity contribution is 5.79. The van der Waals surface area contributed by atoms with E-state index in [1.54, 1.807) is 0 Å². The smallest absolute Gasteiger partial charge is 0.227 e. The minimum atomic E-state index is 0.214. The summed E-state index contributed by atoms with van der Waals surface area (Å²) in [5, 5.41) is 0. The van der Waals surface area contributed by atoms with Gasteiger partial charge in [-0.1, -0.05) is 180 Å². The fraction of sp³-hybridized carbons (Fsp3) is 0.881. The number of hydrogen-bond donors (Lipinski definition) is 0. The van der Waals surface area contributed by atoms with Crippen LogP contribution in [0.1, 0.15) is 225 Å². The summed E-state index contributed by atoms with van der Waals surface area (Å²) < 4.78 is 5.27. The van der Waals surface area contributed by atoms with Crippen LogP contribution in [-0.4, -0.2) is 37.1 Å². The molecule has 0 aromatic heterocycles. The van der Waals surface area contributed by atoms with Crippen molar-refractivity contribution in [2.75, 3.05) is 26.3 Å². The molecule has 3 nitrogen and oxygen atoms in total. The zero-order valence-electron chi connectivity index (χ0n) is 44.7. The van der Waals surface area contributed by atoms with Crippen molar-refractivity contribution in [3.8, 4) is 0 Å². The van der Waals surface area contributed by atoms with Crippen molar-refractivity contribution in [3.63, 3.8) is 0 Å². The lowest BCUT2D eigenvalue weighted by Crippen LogP contribution is -2.41. The van der Waals surface area contributed by atoms with Crippen LogP contribution in [0.25, 0.3) is 0 Å². The van der Waals surface area contributed by atoms with Gasteiger partial charge < -0.3 is 9.64 Å². The molecular weight excluding hydrogens is 755 g/mol. The van der Waals surface area contributed by atoms with Gasteiger partial charge in [-0.2, -0.15) is 0 Å². The Hall–Kier alpha value is -1.35. The van der Waals surface area contributed by atoms with E-state index in [4.69, 9.17) is 4.74 Å². The van der Waals surface area contributed by atoms with E-state index in [9.17, 15) is 4.79 Å². The summed E-state index contributed by atoms with van der Waals surface area (Å²) in [6.07, 6.45) is 21.2. The number of benzene rings is 1. The zero-order chi connectivity index (χ0) is 46.5. The molecular formula is C59H109NO2. The SMILES string of the molecule is CC(C)[C@@H]1C[C@H]1C.CC(C)[C@H]1C[C@@H]1C.CC(C)c1ccccc1CC(=O)N1CCOCC1.CC1CCC(C(C)C)CC1.CC1CCC(C(C)C)CC1.CC1CCC(C(C)C)CC1. The Balaban J connectivity index is 0.000000265. The van der Waals surface area contributed by atoms with Crippen molar-refractivity contribution in [2.24, 2.45) is 88.8 Å². The maximum atomic E-state index is 12.2. The van der Waals surface area contributed by atoms with Gasteiger partial charge in [-0.05, 0) is 157 Å². The molecule has 62 heavy (non-hydrogen) atoms. The Bertz CT molecular complexity index is 1180. The number of rotatable bonds is 8. The van der Waals surface area contributed by atoms with E-state index in [0.29, 0.717) is 25.6 Å². The molecule has 1 aromatic rings. The van der Waals surface area contributed by atoms with Crippen LogP contribution in [0, 0.1) is 88.8 Å². The highest BCUT2D eigenvalue weighted by Gasteiger charge is 2.35. The van der Waals surface area contributed by atoms with Crippen molar-refractivity contribution in [2.45, 2.75) is 220 Å². The molecule has 1 aliphatic heterocycles. The molecule has 5 aliphatic carbocycles. The lowest BCUT2D eigenvalue weighted by molar-refractivity contribution is -0.134. The van der Waals surface area contributed by atoms with Crippen LogP contribution in [0.4, 0.5) is 0 Å². The number of morpholine rings is 1. The van der Waals surface area contributed by atoms with Crippen LogP contribution in [0.5, 0.6) is 0 Å². The zero-order valence-corrected chi connectivity index (χ0v) is 44.7. The summed E-state index contributed by atoms with van der Waals surface area (Å²) >= 11 is 0. The molecule has 7 rings (SSSR count). The monoisotopic (exact) mass is 864 g/mol. The Morgan fingerprint density at radius 2 is 0.839 bits per heavy atom. The van der Waals surface area contributed by atoms with Crippen LogP contribution in [0.15, 0.2) is 24.3 Å². The van der Waals surface area contributed by atoms with Gasteiger partial charge in [-0.15, -0.1) is 0 Å². The summed E-state index contributed by atoms with van der Waals surface area (Å²) in [5.74, 6) is 15.7. The van der Waals surface area contributed by atoms with Crippen LogP contribution >= 0.6 is 0 Å². The average molecular weight is 865 g/mol. The largest absolute Gasteiger partial charge is 0.378 e. The van der Waals surface area contributed by atoms with E-state index in [1.807, 2.05) is 17.0 Å². The summed E-state index contributed by atoms with van der Waals surface area (Å²) in [5.41, 5.74) is 2.43. The third kappa shape index (κ3) is 23.2. The number of carbonyl (C=O) groups is 1. The molecule has 0 unspecified atom stereocenters. The standard InChI is InChI=1S/C15H21NO2.3C10H20.2C7H14/c1-12(2)14-6-4-3-5-13(14)11-15(17)16-7-9-18-10-8-16;3*1-8(2)10-6-4-9(3)5-7-10;2*1-5(2)7-4-6(7)3/h3-6,12H,7-11H2,1-2H3;3*8-10H,4-7H2,1-3H3;2*5-7H,4H2,1-3H3/t;;;;2*6-,7+/m....10/s1. The number of ether oxygens (including phenoxy) is 1. The first kappa shape index (κ1) is 56.8. The summed E-state index contributed by atoms with van der Waals surface area (Å²) in [4.78, 5) is 14.1. The Morgan fingerprint density at radius 3 is 1.10 bits per heavy atom. The third-order valence-electron chi connectivity index (χ3n) is 16.4. The average Bonchev–Trinajstić information content (AvgIpc) is 4.17. The van der Waals surface area contributed by atoms with Gasteiger partial charge in [0.25, 0.3) is 0 Å². The topological polar surface area (TPSA) is 29.5 Å². The van der Waals surface area contributed by atoms with Gasteiger partial charge >= 0.3 is 0 Å². The molecule has 5 saturated carbocycles. The quantitative estimate of drug-likeness (QED) is 0.261. The maximum Gasteiger partial charge on any atom is 0.227 e. The first-order chi connectivity index (χ1) is 29.2. The fourth-order valence-electron chi connectivity index (χ4n) is 10.8. The van der Waals surface area contributed by atoms with E-state index in [2.05, 4.69) is 130 Å². The molecule has 4 atom stereocenters. The third-order valence-corrected chi connectivity index (χ3v) is 16.4. The number of hydrogen-bond acceptors (Lipinski definition) is 2. The van der Waals surface area contributed by atoms with E-state index in [1.165, 1.54) is 95.5 Å². The van der Waals surface area contributed by atoms with Crippen LogP contribution in [-0.2, 0) is 16.0 Å². The summed E-state index contributed by atoms with van der Waals surface area (Å²) in [6, 6.07) is 8.23. The second-order valence-corrected chi connectivity index (χ2v) is 24.1. The van der Waals surface area contributed by atoms with Gasteiger partial charge in [0, 0.05) is 13.1 Å². The van der Waals surface area contributed by atoms with Crippen molar-refractivity contribution >= 4 is 5.91 Å². The van der Waals surface area contributed by atoms with Gasteiger partial charge in [0.1, 0.15) is 0 Å². The van der Waals surface area contributed by atoms with Crippen molar-refractivity contribution in [1.29, 1.82) is 0 Å². The van der Waals surface area contributed by atoms with Gasteiger partial charge in [0.2, 0.25) is 5.91 Å². The molecule has 0 N–H and O–H groups in total. The Labute approximate surface area is 389 Å². The first-order valence-electron chi connectivity index (χ1n) is 27.1. The summed E-state index contributed by atoms with van der Waals surface area (Å²) in [7, 11) is 0. The fourth-order valence-corrected chi connectivity index (χ4v) is 10.8. The summed E-state index contributed by atoms with van der Waals surface area (Å²) in [6.45, 7) is 42.4. The predicted molar refractivity (Wildman–Crippen MR) is 274 cm³/mol. The lowest BCUT2D eigenvalue weighted by atomic mass is 9.78. The van der Waals surface area contributed by atoms with Crippen molar-refractivity contribution in [3.05, 3.63) is 35.4 Å². The molecule has 3 heteroatoms. The van der Waals surface area contributed by atoms with Gasteiger partial charge in [0.15, 0.2) is 0 Å². The molecule has 1 amide bonds. The van der Waals surface area contributed by atoms with E-state index in [-0.39, 0.29) is 5.91 Å². The normalized spacial score (nSPS) is 30.4. The van der Waals surface area contributed by atoms with E-state index in [0.717, 1.165) is 107 Å². The Kier molecular flexibility index (Phi) is 27.5. The van der Waals surface area contributed by atoms with Crippen molar-refractivity contribution < 1.29 is 9.53 Å². The molecule has 6 aliphatic rings. The number of carbonyl (C=O) groups excluding carboxylic acids is 1. The van der Waals surface area contributed by atoms with Crippen LogP contribution < -0.4 is 0 Å². The maximum absolute atomic E-state index is 12.2. The number of nitrogens with zero attached hydrogens (tertiary/aromatic N) is 1. The minimum absolute atomic E-state index is 0.214. The molecule has 0 spiro atoms. The van der Waals surface area contributed by atoms with Gasteiger partial charge in [-0.25, -0.2) is 0 Å². The molecule has 362 valence electrons. The molecule has 1 heterocycles. The second kappa shape index (κ2) is 30.0. The van der Waals surface area contributed by atoms with E-state index < -0.39 is 0 Å². The molecule has 6 fully saturated rings. The van der Waals surface area contributed by atoms with E-state index >= 15 is 0 Å².